The van der Waals surface area contributed by atoms with E-state index in [-0.39, 0.29) is 25.9 Å². The number of carbonyl (C=O) groups excluding carboxylic acids is 1. The summed E-state index contributed by atoms with van der Waals surface area (Å²) < 4.78 is 0. The molecule has 0 fully saturated rings. The van der Waals surface area contributed by atoms with Gasteiger partial charge < -0.3 is 19.3 Å². The summed E-state index contributed by atoms with van der Waals surface area (Å²) in [5, 5.41) is 0. The Morgan fingerprint density at radius 3 is 2.65 bits per heavy atom. The van der Waals surface area contributed by atoms with E-state index in [9.17, 15) is 4.79 Å². The number of primary amides is 1. The van der Waals surface area contributed by atoms with E-state index in [0.29, 0.717) is 22.5 Å². The number of hydrogen-bond donors (Lipinski definition) is 3. The third kappa shape index (κ3) is 3.86. The van der Waals surface area contributed by atoms with Crippen LogP contribution in [-0.4, -0.2) is 53.9 Å². The first-order chi connectivity index (χ1) is 9.18. The number of anilines is 1. The third-order valence-electron chi connectivity index (χ3n) is 2.20. The molecule has 3 heterocycles. The van der Waals surface area contributed by atoms with Gasteiger partial charge in [-0.05, 0) is 12.1 Å². The predicted molar refractivity (Wildman–Crippen MR) is 76.8 cm³/mol. The zero-order valence-electron chi connectivity index (χ0n) is 12.5. The SMILES string of the molecule is NC(=O)c1cccnc1.Nc1ncnc2nc[nH]c12.[H-].[H-].[Mg+2]. The molecule has 0 spiro atoms. The van der Waals surface area contributed by atoms with Crippen LogP contribution in [0.5, 0.6) is 0 Å². The normalized spacial score (nSPS) is 9.20. The smallest absolute Gasteiger partial charge is 1.00 e. The molecule has 1 amide bonds. The second kappa shape index (κ2) is 7.36. The molecule has 9 heteroatoms. The molecule has 0 bridgehead atoms. The number of nitrogens with one attached hydrogen (secondary N) is 1. The Morgan fingerprint density at radius 1 is 1.30 bits per heavy atom. The Balaban J connectivity index is 0. The molecule has 20 heavy (non-hydrogen) atoms. The first-order valence-electron chi connectivity index (χ1n) is 5.28. The van der Waals surface area contributed by atoms with Crippen molar-refractivity contribution >= 4 is 45.9 Å². The van der Waals surface area contributed by atoms with Gasteiger partial charge in [-0.25, -0.2) is 15.0 Å². The molecule has 0 unspecified atom stereocenters. The van der Waals surface area contributed by atoms with E-state index < -0.39 is 5.91 Å². The fourth-order valence-corrected chi connectivity index (χ4v) is 1.29. The molecule has 8 nitrogen and oxygen atoms in total. The molecule has 0 aliphatic rings. The monoisotopic (exact) mass is 283 g/mol. The van der Waals surface area contributed by atoms with Crippen LogP contribution >= 0.6 is 0 Å². The van der Waals surface area contributed by atoms with Crippen LogP contribution in [-0.2, 0) is 0 Å². The van der Waals surface area contributed by atoms with Crippen molar-refractivity contribution in [1.29, 1.82) is 0 Å². The number of aromatic nitrogens is 5. The van der Waals surface area contributed by atoms with Gasteiger partial charge in [0.15, 0.2) is 11.5 Å². The molecular weight excluding hydrogens is 270 g/mol. The number of nitrogen functional groups attached to an aromatic ring is 1. The second-order valence-electron chi connectivity index (χ2n) is 3.47. The third-order valence-corrected chi connectivity index (χ3v) is 2.20. The van der Waals surface area contributed by atoms with Gasteiger partial charge in [-0.1, -0.05) is 0 Å². The predicted octanol–water partition coefficient (Wildman–Crippen LogP) is -0.0402. The van der Waals surface area contributed by atoms with E-state index in [1.807, 2.05) is 0 Å². The Morgan fingerprint density at radius 2 is 2.10 bits per heavy atom. The summed E-state index contributed by atoms with van der Waals surface area (Å²) >= 11 is 0. The van der Waals surface area contributed by atoms with Gasteiger partial charge in [-0.2, -0.15) is 0 Å². The Labute approximate surface area is 133 Å². The molecule has 0 aliphatic heterocycles. The van der Waals surface area contributed by atoms with Crippen molar-refractivity contribution in [2.24, 2.45) is 5.73 Å². The van der Waals surface area contributed by atoms with Crippen molar-refractivity contribution in [3.05, 3.63) is 42.7 Å². The van der Waals surface area contributed by atoms with Gasteiger partial charge in [0, 0.05) is 12.4 Å². The molecule has 3 rings (SSSR count). The number of aromatic amines is 1. The standard InChI is InChI=1S/C6H6N2O.C5H5N5.Mg.2H/c7-6(9)5-2-1-3-8-4-5;6-4-3-5(9-1-7-3)10-2-8-4;;;/h1-4H,(H2,7,9);1-2H,(H3,6,7,8,9,10);;;/q;;+2;2*-1. The number of nitrogens with two attached hydrogens (primary N) is 2. The summed E-state index contributed by atoms with van der Waals surface area (Å²) in [4.78, 5) is 28.5. The van der Waals surface area contributed by atoms with Crippen LogP contribution in [0.15, 0.2) is 37.2 Å². The van der Waals surface area contributed by atoms with Crippen molar-refractivity contribution in [2.45, 2.75) is 0 Å². The number of H-pyrrole nitrogens is 1. The quantitative estimate of drug-likeness (QED) is 0.536. The minimum Gasteiger partial charge on any atom is -1.00 e. The topological polar surface area (TPSA) is 136 Å². The molecule has 0 aliphatic carbocycles. The molecule has 0 aromatic carbocycles. The van der Waals surface area contributed by atoms with Crippen molar-refractivity contribution < 1.29 is 7.65 Å². The van der Waals surface area contributed by atoms with Crippen LogP contribution < -0.4 is 11.5 Å². The van der Waals surface area contributed by atoms with Gasteiger partial charge in [-0.3, -0.25) is 9.78 Å². The number of nitrogens with zero attached hydrogens (tertiary/aromatic N) is 4. The summed E-state index contributed by atoms with van der Waals surface area (Å²) in [6.07, 6.45) is 5.95. The number of hydrogen-bond acceptors (Lipinski definition) is 6. The van der Waals surface area contributed by atoms with Gasteiger partial charge >= 0.3 is 23.1 Å². The van der Waals surface area contributed by atoms with Crippen LogP contribution in [0.2, 0.25) is 0 Å². The van der Waals surface area contributed by atoms with Crippen LogP contribution in [0.25, 0.3) is 11.2 Å². The van der Waals surface area contributed by atoms with Gasteiger partial charge in [0.2, 0.25) is 5.91 Å². The summed E-state index contributed by atoms with van der Waals surface area (Å²) in [5.74, 6) is -0.00870. The number of fused-ring (bicyclic) bond motifs is 1. The maximum atomic E-state index is 10.4. The van der Waals surface area contributed by atoms with Crippen molar-refractivity contribution in [3.8, 4) is 0 Å². The van der Waals surface area contributed by atoms with E-state index in [2.05, 4.69) is 24.9 Å². The van der Waals surface area contributed by atoms with Gasteiger partial charge in [0.25, 0.3) is 0 Å². The first kappa shape index (κ1) is 15.8. The molecule has 3 aromatic rings. The van der Waals surface area contributed by atoms with E-state index in [4.69, 9.17) is 11.5 Å². The zero-order valence-corrected chi connectivity index (χ0v) is 11.9. The number of carbonyl (C=O) groups is 1. The van der Waals surface area contributed by atoms with Crippen molar-refractivity contribution in [1.82, 2.24) is 24.9 Å². The zero-order chi connectivity index (χ0) is 13.7. The van der Waals surface area contributed by atoms with Crippen molar-refractivity contribution in [3.63, 3.8) is 0 Å². The summed E-state index contributed by atoms with van der Waals surface area (Å²) in [6, 6.07) is 3.29. The molecule has 100 valence electrons. The van der Waals surface area contributed by atoms with E-state index >= 15 is 0 Å². The first-order valence-corrected chi connectivity index (χ1v) is 5.28. The molecule has 5 N–H and O–H groups in total. The summed E-state index contributed by atoms with van der Waals surface area (Å²) in [7, 11) is 0. The van der Waals surface area contributed by atoms with E-state index in [0.717, 1.165) is 0 Å². The average molecular weight is 284 g/mol. The molecule has 0 radical (unpaired) electrons. The molecule has 3 aromatic heterocycles. The van der Waals surface area contributed by atoms with Crippen LogP contribution in [0.3, 0.4) is 0 Å². The Kier molecular flexibility index (Phi) is 5.81. The van der Waals surface area contributed by atoms with Gasteiger partial charge in [-0.15, -0.1) is 0 Å². The van der Waals surface area contributed by atoms with Gasteiger partial charge in [0.05, 0.1) is 11.9 Å². The molecular formula is C11H13MgN7O. The Hall–Kier alpha value is -2.26. The molecule has 0 saturated carbocycles. The molecule has 0 saturated heterocycles. The summed E-state index contributed by atoms with van der Waals surface area (Å²) in [5.41, 5.74) is 12.2. The van der Waals surface area contributed by atoms with E-state index in [1.54, 1.807) is 18.3 Å². The maximum absolute atomic E-state index is 10.4. The molecule has 0 atom stereocenters. The fourth-order valence-electron chi connectivity index (χ4n) is 1.29. The average Bonchev–Trinajstić information content (AvgIpc) is 2.90. The minimum absolute atomic E-state index is 0. The van der Waals surface area contributed by atoms with Crippen LogP contribution in [0.1, 0.15) is 13.2 Å². The number of amides is 1. The Bertz CT molecular complexity index is 695. The second-order valence-corrected chi connectivity index (χ2v) is 3.47. The van der Waals surface area contributed by atoms with Crippen molar-refractivity contribution in [2.75, 3.05) is 5.73 Å². The van der Waals surface area contributed by atoms with Gasteiger partial charge in [0.1, 0.15) is 11.8 Å². The van der Waals surface area contributed by atoms with Crippen LogP contribution in [0.4, 0.5) is 5.82 Å². The number of imidazole rings is 1. The van der Waals surface area contributed by atoms with E-state index in [1.165, 1.54) is 18.9 Å². The fraction of sp³-hybridized carbons (Fsp3) is 0. The maximum Gasteiger partial charge on any atom is 2.00 e. The summed E-state index contributed by atoms with van der Waals surface area (Å²) in [6.45, 7) is 0. The number of rotatable bonds is 1. The number of pyridine rings is 1. The minimum atomic E-state index is -0.442. The van der Waals surface area contributed by atoms with Crippen LogP contribution in [0, 0.1) is 0 Å². The largest absolute Gasteiger partial charge is 2.00 e.